The van der Waals surface area contributed by atoms with E-state index < -0.39 is 6.04 Å². The van der Waals surface area contributed by atoms with E-state index in [1.807, 2.05) is 32.0 Å². The van der Waals surface area contributed by atoms with Crippen LogP contribution in [0.1, 0.15) is 30.4 Å². The molecule has 4 amide bonds. The maximum Gasteiger partial charge on any atom is 0.332 e. The second kappa shape index (κ2) is 9.42. The van der Waals surface area contributed by atoms with Gasteiger partial charge in [0, 0.05) is 19.5 Å². The van der Waals surface area contributed by atoms with Gasteiger partial charge in [0.15, 0.2) is 0 Å². The quantitative estimate of drug-likeness (QED) is 0.493. The molecular formula is C25H29N3O4. The molecule has 0 spiro atoms. The van der Waals surface area contributed by atoms with Gasteiger partial charge in [0.1, 0.15) is 11.8 Å². The third kappa shape index (κ3) is 4.47. The Labute approximate surface area is 188 Å². The molecular weight excluding hydrogens is 406 g/mol. The summed E-state index contributed by atoms with van der Waals surface area (Å²) in [6.07, 6.45) is 1.91. The van der Waals surface area contributed by atoms with Gasteiger partial charge in [0.05, 0.1) is 18.8 Å². The lowest BCUT2D eigenvalue weighted by Gasteiger charge is -2.35. The molecule has 2 aliphatic heterocycles. The van der Waals surface area contributed by atoms with E-state index in [0.29, 0.717) is 31.8 Å². The summed E-state index contributed by atoms with van der Waals surface area (Å²) in [6, 6.07) is 14.2. The van der Waals surface area contributed by atoms with E-state index in [2.05, 4.69) is 6.07 Å². The molecule has 4 rings (SSSR count). The molecule has 0 bridgehead atoms. The molecule has 7 heteroatoms. The van der Waals surface area contributed by atoms with Gasteiger partial charge in [-0.15, -0.1) is 0 Å². The van der Waals surface area contributed by atoms with E-state index in [-0.39, 0.29) is 24.4 Å². The van der Waals surface area contributed by atoms with Crippen LogP contribution < -0.4 is 9.64 Å². The summed E-state index contributed by atoms with van der Waals surface area (Å²) in [5, 5.41) is 0. The smallest absolute Gasteiger partial charge is 0.332 e. The zero-order valence-corrected chi connectivity index (χ0v) is 18.6. The van der Waals surface area contributed by atoms with Gasteiger partial charge in [-0.05, 0) is 56.0 Å². The third-order valence-corrected chi connectivity index (χ3v) is 6.08. The van der Waals surface area contributed by atoms with Gasteiger partial charge in [-0.1, -0.05) is 30.3 Å². The first-order chi connectivity index (χ1) is 15.5. The molecule has 7 nitrogen and oxygen atoms in total. The molecule has 32 heavy (non-hydrogen) atoms. The molecule has 2 aromatic carbocycles. The van der Waals surface area contributed by atoms with Gasteiger partial charge < -0.3 is 14.5 Å². The van der Waals surface area contributed by atoms with Crippen LogP contribution in [0.2, 0.25) is 0 Å². The first kappa shape index (κ1) is 21.9. The largest absolute Gasteiger partial charge is 0.493 e. The Morgan fingerprint density at radius 3 is 2.59 bits per heavy atom. The first-order valence-electron chi connectivity index (χ1n) is 11.1. The highest BCUT2D eigenvalue weighted by atomic mass is 16.5. The van der Waals surface area contributed by atoms with Crippen molar-refractivity contribution in [2.24, 2.45) is 0 Å². The maximum absolute atomic E-state index is 12.9. The molecule has 0 unspecified atom stereocenters. The van der Waals surface area contributed by atoms with Crippen LogP contribution in [0, 0.1) is 13.8 Å². The number of benzene rings is 2. The summed E-state index contributed by atoms with van der Waals surface area (Å²) < 4.78 is 5.86. The summed E-state index contributed by atoms with van der Waals surface area (Å²) in [6.45, 7) is 5.70. The zero-order chi connectivity index (χ0) is 22.7. The number of unbranched alkanes of at least 4 members (excludes halogenated alkanes) is 1. The van der Waals surface area contributed by atoms with Crippen LogP contribution in [0.4, 0.5) is 10.5 Å². The lowest BCUT2D eigenvalue weighted by atomic mass is 10.1. The molecule has 2 saturated heterocycles. The Kier molecular flexibility index (Phi) is 6.44. The van der Waals surface area contributed by atoms with Crippen molar-refractivity contribution in [3.63, 3.8) is 0 Å². The fourth-order valence-electron chi connectivity index (χ4n) is 4.22. The van der Waals surface area contributed by atoms with Crippen molar-refractivity contribution in [2.45, 2.75) is 39.2 Å². The van der Waals surface area contributed by atoms with Crippen molar-refractivity contribution in [1.29, 1.82) is 0 Å². The van der Waals surface area contributed by atoms with E-state index in [0.717, 1.165) is 29.7 Å². The normalized spacial score (nSPS) is 18.2. The fraction of sp³-hybridized carbons (Fsp3) is 0.400. The van der Waals surface area contributed by atoms with Gasteiger partial charge in [-0.3, -0.25) is 9.59 Å². The highest BCUT2D eigenvalue weighted by Gasteiger charge is 2.48. The van der Waals surface area contributed by atoms with Crippen LogP contribution in [0.3, 0.4) is 0 Å². The predicted octanol–water partition coefficient (Wildman–Crippen LogP) is 3.53. The van der Waals surface area contributed by atoms with Crippen molar-refractivity contribution in [1.82, 2.24) is 9.80 Å². The molecule has 0 radical (unpaired) electrons. The van der Waals surface area contributed by atoms with Crippen LogP contribution in [0.15, 0.2) is 48.5 Å². The summed E-state index contributed by atoms with van der Waals surface area (Å²) in [7, 11) is 0. The highest BCUT2D eigenvalue weighted by molar-refractivity contribution is 6.21. The minimum absolute atomic E-state index is 0.0230. The maximum atomic E-state index is 12.9. The number of carbonyl (C=O) groups is 3. The molecule has 2 aliphatic rings. The number of ether oxygens (including phenoxy) is 1. The number of rotatable bonds is 7. The van der Waals surface area contributed by atoms with Crippen molar-refractivity contribution >= 4 is 23.5 Å². The number of hydrogen-bond acceptors (Lipinski definition) is 4. The number of piperazine rings is 1. The molecule has 2 fully saturated rings. The molecule has 0 aliphatic carbocycles. The standard InChI is InChI=1S/C25H29N3O4/c1-18-11-12-19(2)22(16-18)32-15-7-6-10-23(29)26-13-14-27-21(17-26)24(30)28(25(27)31)20-8-4-3-5-9-20/h3-5,8-9,11-12,16,21H,6-7,10,13-15,17H2,1-2H3/t21-/m1/s1. The van der Waals surface area contributed by atoms with Crippen LogP contribution in [0.5, 0.6) is 5.75 Å². The lowest BCUT2D eigenvalue weighted by Crippen LogP contribution is -2.54. The summed E-state index contributed by atoms with van der Waals surface area (Å²) >= 11 is 0. The van der Waals surface area contributed by atoms with Crippen LogP contribution >= 0.6 is 0 Å². The second-order valence-corrected chi connectivity index (χ2v) is 8.42. The fourth-order valence-corrected chi connectivity index (χ4v) is 4.22. The van der Waals surface area contributed by atoms with E-state index >= 15 is 0 Å². The summed E-state index contributed by atoms with van der Waals surface area (Å²) in [4.78, 5) is 42.9. The van der Waals surface area contributed by atoms with Crippen LogP contribution in [-0.4, -0.2) is 59.9 Å². The Balaban J connectivity index is 1.26. The molecule has 168 valence electrons. The number of aryl methyl sites for hydroxylation is 2. The predicted molar refractivity (Wildman–Crippen MR) is 122 cm³/mol. The van der Waals surface area contributed by atoms with Crippen molar-refractivity contribution < 1.29 is 19.1 Å². The Morgan fingerprint density at radius 2 is 1.81 bits per heavy atom. The minimum atomic E-state index is -0.604. The van der Waals surface area contributed by atoms with E-state index in [4.69, 9.17) is 4.74 Å². The Bertz CT molecular complexity index is 1010. The van der Waals surface area contributed by atoms with E-state index in [1.165, 1.54) is 4.90 Å². The van der Waals surface area contributed by atoms with Crippen LogP contribution in [0.25, 0.3) is 0 Å². The number of hydrogen-bond donors (Lipinski definition) is 0. The molecule has 0 N–H and O–H groups in total. The number of para-hydroxylation sites is 1. The Hall–Kier alpha value is -3.35. The van der Waals surface area contributed by atoms with E-state index in [1.54, 1.807) is 34.1 Å². The zero-order valence-electron chi connectivity index (χ0n) is 18.6. The summed E-state index contributed by atoms with van der Waals surface area (Å²) in [5.74, 6) is 0.648. The number of urea groups is 1. The van der Waals surface area contributed by atoms with Crippen LogP contribution in [-0.2, 0) is 9.59 Å². The first-order valence-corrected chi connectivity index (χ1v) is 11.1. The molecule has 2 heterocycles. The average Bonchev–Trinajstić information content (AvgIpc) is 3.05. The van der Waals surface area contributed by atoms with Gasteiger partial charge in [0.2, 0.25) is 5.91 Å². The van der Waals surface area contributed by atoms with Gasteiger partial charge in [-0.25, -0.2) is 9.69 Å². The number of nitrogens with zero attached hydrogens (tertiary/aromatic N) is 3. The molecule has 2 aromatic rings. The molecule has 0 aromatic heterocycles. The monoisotopic (exact) mass is 435 g/mol. The number of fused-ring (bicyclic) bond motifs is 1. The van der Waals surface area contributed by atoms with Gasteiger partial charge in [0.25, 0.3) is 5.91 Å². The molecule has 1 atom stereocenters. The number of anilines is 1. The third-order valence-electron chi connectivity index (χ3n) is 6.08. The number of carbonyl (C=O) groups excluding carboxylic acids is 3. The number of amides is 4. The highest BCUT2D eigenvalue weighted by Crippen LogP contribution is 2.27. The lowest BCUT2D eigenvalue weighted by molar-refractivity contribution is -0.135. The topological polar surface area (TPSA) is 70.2 Å². The minimum Gasteiger partial charge on any atom is -0.493 e. The van der Waals surface area contributed by atoms with Gasteiger partial charge >= 0.3 is 6.03 Å². The van der Waals surface area contributed by atoms with Crippen molar-refractivity contribution in [3.05, 3.63) is 59.7 Å². The summed E-state index contributed by atoms with van der Waals surface area (Å²) in [5.41, 5.74) is 2.83. The second-order valence-electron chi connectivity index (χ2n) is 8.42. The number of imide groups is 1. The van der Waals surface area contributed by atoms with Crippen molar-refractivity contribution in [2.75, 3.05) is 31.1 Å². The average molecular weight is 436 g/mol. The van der Waals surface area contributed by atoms with Crippen molar-refractivity contribution in [3.8, 4) is 5.75 Å². The SMILES string of the molecule is Cc1ccc(C)c(OCCCCC(=O)N2CCN3C(=O)N(c4ccccc4)C(=O)[C@H]3C2)c1. The van der Waals surface area contributed by atoms with Gasteiger partial charge in [-0.2, -0.15) is 0 Å². The van der Waals surface area contributed by atoms with E-state index in [9.17, 15) is 14.4 Å². The molecule has 0 saturated carbocycles. The Morgan fingerprint density at radius 1 is 1.03 bits per heavy atom.